The highest BCUT2D eigenvalue weighted by molar-refractivity contribution is 6.09. The standard InChI is InChI=1S/C24H23N3O7/c1-34-18-6-4-5-16(13-18)21(28)14-25(22(29)15-9-11-17(12-10-15)27(32)33)26-23(30)19-7-2-3-8-20(19)24(26)31/h4-6,9-13,19-20H,2-3,7-8,14H2,1H3/t19-,20+. The smallest absolute Gasteiger partial charge is 0.273 e. The number of hydrazine groups is 1. The van der Waals surface area contributed by atoms with E-state index in [2.05, 4.69) is 0 Å². The summed E-state index contributed by atoms with van der Waals surface area (Å²) in [5, 5.41) is 12.6. The molecule has 0 unspecified atom stereocenters. The van der Waals surface area contributed by atoms with Gasteiger partial charge in [0.25, 0.3) is 23.4 Å². The van der Waals surface area contributed by atoms with Gasteiger partial charge in [0, 0.05) is 23.3 Å². The maximum Gasteiger partial charge on any atom is 0.273 e. The Kier molecular flexibility index (Phi) is 6.40. The van der Waals surface area contributed by atoms with Gasteiger partial charge in [0.05, 0.1) is 23.9 Å². The summed E-state index contributed by atoms with van der Waals surface area (Å²) >= 11 is 0. The third-order valence-electron chi connectivity index (χ3n) is 6.30. The van der Waals surface area contributed by atoms with Crippen molar-refractivity contribution in [3.8, 4) is 5.75 Å². The van der Waals surface area contributed by atoms with Crippen LogP contribution in [0.15, 0.2) is 48.5 Å². The Morgan fingerprint density at radius 1 is 1.03 bits per heavy atom. The van der Waals surface area contributed by atoms with Crippen LogP contribution in [0.5, 0.6) is 5.75 Å². The quantitative estimate of drug-likeness (QED) is 0.266. The Balaban J connectivity index is 1.69. The summed E-state index contributed by atoms with van der Waals surface area (Å²) < 4.78 is 5.15. The molecular weight excluding hydrogens is 442 g/mol. The second kappa shape index (κ2) is 9.42. The zero-order chi connectivity index (χ0) is 24.4. The molecule has 2 aliphatic rings. The summed E-state index contributed by atoms with van der Waals surface area (Å²) in [6, 6.07) is 11.1. The summed E-state index contributed by atoms with van der Waals surface area (Å²) in [6.07, 6.45) is 2.73. The van der Waals surface area contributed by atoms with Crippen LogP contribution in [0.1, 0.15) is 46.4 Å². The van der Waals surface area contributed by atoms with Crippen LogP contribution in [0.3, 0.4) is 0 Å². The number of carbonyl (C=O) groups is 4. The highest BCUT2D eigenvalue weighted by atomic mass is 16.6. The molecule has 1 saturated carbocycles. The van der Waals surface area contributed by atoms with Crippen molar-refractivity contribution in [2.45, 2.75) is 25.7 Å². The summed E-state index contributed by atoms with van der Waals surface area (Å²) in [5.41, 5.74) is 0.0479. The molecule has 0 N–H and O–H groups in total. The molecule has 2 atom stereocenters. The zero-order valence-corrected chi connectivity index (χ0v) is 18.5. The van der Waals surface area contributed by atoms with E-state index < -0.39 is 46.8 Å². The highest BCUT2D eigenvalue weighted by Crippen LogP contribution is 2.39. The van der Waals surface area contributed by atoms with Crippen molar-refractivity contribution >= 4 is 29.2 Å². The van der Waals surface area contributed by atoms with Gasteiger partial charge in [-0.1, -0.05) is 25.0 Å². The van der Waals surface area contributed by atoms with Gasteiger partial charge in [-0.2, -0.15) is 5.01 Å². The van der Waals surface area contributed by atoms with E-state index in [1.807, 2.05) is 0 Å². The zero-order valence-electron chi connectivity index (χ0n) is 18.5. The molecule has 0 bridgehead atoms. The fraction of sp³-hybridized carbons (Fsp3) is 0.333. The number of rotatable bonds is 7. The van der Waals surface area contributed by atoms with Crippen molar-refractivity contribution in [2.75, 3.05) is 13.7 Å². The lowest BCUT2D eigenvalue weighted by atomic mass is 9.81. The van der Waals surface area contributed by atoms with E-state index in [0.717, 1.165) is 35.0 Å². The van der Waals surface area contributed by atoms with Crippen molar-refractivity contribution in [1.29, 1.82) is 0 Å². The molecule has 1 saturated heterocycles. The van der Waals surface area contributed by atoms with Crippen LogP contribution in [-0.2, 0) is 9.59 Å². The number of hydrogen-bond donors (Lipinski definition) is 0. The maximum atomic E-state index is 13.4. The molecule has 4 rings (SSSR count). The molecule has 1 aliphatic carbocycles. The molecule has 2 fully saturated rings. The van der Waals surface area contributed by atoms with Crippen molar-refractivity contribution < 1.29 is 28.8 Å². The number of fused-ring (bicyclic) bond motifs is 1. The number of amides is 3. The Bertz CT molecular complexity index is 1140. The largest absolute Gasteiger partial charge is 0.497 e. The Morgan fingerprint density at radius 2 is 1.65 bits per heavy atom. The molecule has 2 aromatic rings. The summed E-state index contributed by atoms with van der Waals surface area (Å²) in [6.45, 7) is -0.556. The van der Waals surface area contributed by atoms with E-state index in [4.69, 9.17) is 4.74 Å². The van der Waals surface area contributed by atoms with Crippen LogP contribution in [0.25, 0.3) is 0 Å². The minimum absolute atomic E-state index is 0.0134. The summed E-state index contributed by atoms with van der Waals surface area (Å²) in [4.78, 5) is 63.3. The molecule has 3 amide bonds. The number of nitrogens with zero attached hydrogens (tertiary/aromatic N) is 3. The number of ether oxygens (including phenoxy) is 1. The lowest BCUT2D eigenvalue weighted by Crippen LogP contribution is -2.52. The van der Waals surface area contributed by atoms with Gasteiger partial charge in [0.1, 0.15) is 12.3 Å². The van der Waals surface area contributed by atoms with Crippen molar-refractivity contribution in [2.24, 2.45) is 11.8 Å². The van der Waals surface area contributed by atoms with Crippen molar-refractivity contribution in [1.82, 2.24) is 10.0 Å². The van der Waals surface area contributed by atoms with E-state index in [-0.39, 0.29) is 16.8 Å². The van der Waals surface area contributed by atoms with Crippen LogP contribution >= 0.6 is 0 Å². The molecule has 1 aliphatic heterocycles. The van der Waals surface area contributed by atoms with Gasteiger partial charge in [-0.05, 0) is 37.1 Å². The van der Waals surface area contributed by atoms with Crippen molar-refractivity contribution in [3.05, 3.63) is 69.8 Å². The number of imide groups is 1. The molecule has 0 aromatic heterocycles. The third kappa shape index (κ3) is 4.26. The summed E-state index contributed by atoms with van der Waals surface area (Å²) in [7, 11) is 1.46. The van der Waals surface area contributed by atoms with Crippen LogP contribution < -0.4 is 4.74 Å². The average molecular weight is 465 g/mol. The molecule has 1 heterocycles. The first-order valence-corrected chi connectivity index (χ1v) is 10.9. The van der Waals surface area contributed by atoms with Crippen LogP contribution in [0.2, 0.25) is 0 Å². The monoisotopic (exact) mass is 465 g/mol. The van der Waals surface area contributed by atoms with Crippen LogP contribution in [-0.4, -0.2) is 52.1 Å². The normalized spacial score (nSPS) is 19.5. The molecule has 34 heavy (non-hydrogen) atoms. The Labute approximate surface area is 195 Å². The number of methoxy groups -OCH3 is 1. The predicted octanol–water partition coefficient (Wildman–Crippen LogP) is 3.02. The first-order valence-electron chi connectivity index (χ1n) is 10.9. The number of carbonyl (C=O) groups excluding carboxylic acids is 4. The Hall–Kier alpha value is -4.08. The third-order valence-corrected chi connectivity index (χ3v) is 6.30. The number of nitro groups is 1. The molecule has 10 heteroatoms. The number of hydrogen-bond acceptors (Lipinski definition) is 7. The molecule has 0 spiro atoms. The van der Waals surface area contributed by atoms with Gasteiger partial charge in [0.2, 0.25) is 0 Å². The minimum Gasteiger partial charge on any atom is -0.497 e. The SMILES string of the molecule is COc1cccc(C(=O)CN(C(=O)c2ccc([N+](=O)[O-])cc2)N2C(=O)[C@H]3CCCC[C@H]3C2=O)c1. The fourth-order valence-corrected chi connectivity index (χ4v) is 4.51. The lowest BCUT2D eigenvalue weighted by molar-refractivity contribution is -0.384. The topological polar surface area (TPSA) is 127 Å². The number of Topliss-reactive ketones (excluding diaryl/α,β-unsaturated/α-hetero) is 1. The van der Waals surface area contributed by atoms with Gasteiger partial charge in [-0.15, -0.1) is 0 Å². The second-order valence-corrected chi connectivity index (χ2v) is 8.31. The van der Waals surface area contributed by atoms with E-state index >= 15 is 0 Å². The maximum absolute atomic E-state index is 13.4. The molecule has 176 valence electrons. The van der Waals surface area contributed by atoms with Gasteiger partial charge in [-0.25, -0.2) is 5.01 Å². The number of non-ortho nitro benzene ring substituents is 1. The number of benzene rings is 2. The molecular formula is C24H23N3O7. The molecule has 2 aromatic carbocycles. The average Bonchev–Trinajstić information content (AvgIpc) is 3.12. The fourth-order valence-electron chi connectivity index (χ4n) is 4.51. The minimum atomic E-state index is -0.772. The predicted molar refractivity (Wildman–Crippen MR) is 119 cm³/mol. The van der Waals surface area contributed by atoms with Gasteiger partial charge < -0.3 is 4.74 Å². The second-order valence-electron chi connectivity index (χ2n) is 8.31. The van der Waals surface area contributed by atoms with Crippen LogP contribution in [0, 0.1) is 22.0 Å². The highest BCUT2D eigenvalue weighted by Gasteiger charge is 2.51. The van der Waals surface area contributed by atoms with Gasteiger partial charge in [0.15, 0.2) is 5.78 Å². The first kappa shape index (κ1) is 23.1. The number of ketones is 1. The van der Waals surface area contributed by atoms with E-state index in [0.29, 0.717) is 18.6 Å². The van der Waals surface area contributed by atoms with E-state index in [1.165, 1.54) is 25.3 Å². The van der Waals surface area contributed by atoms with Gasteiger partial charge >= 0.3 is 0 Å². The molecule has 0 radical (unpaired) electrons. The van der Waals surface area contributed by atoms with Gasteiger partial charge in [-0.3, -0.25) is 29.3 Å². The van der Waals surface area contributed by atoms with E-state index in [9.17, 15) is 29.3 Å². The van der Waals surface area contributed by atoms with Crippen LogP contribution in [0.4, 0.5) is 5.69 Å². The van der Waals surface area contributed by atoms with Crippen molar-refractivity contribution in [3.63, 3.8) is 0 Å². The van der Waals surface area contributed by atoms with E-state index in [1.54, 1.807) is 18.2 Å². The summed E-state index contributed by atoms with van der Waals surface area (Å²) in [5.74, 6) is -2.85. The first-order chi connectivity index (χ1) is 16.3. The lowest BCUT2D eigenvalue weighted by Gasteiger charge is -2.30. The molecule has 10 nitrogen and oxygen atoms in total. The Morgan fingerprint density at radius 3 is 2.21 bits per heavy atom. The number of nitro benzene ring substituents is 1.